The van der Waals surface area contributed by atoms with Gasteiger partial charge in [-0.1, -0.05) is 18.2 Å². The van der Waals surface area contributed by atoms with Crippen LogP contribution in [0.5, 0.6) is 0 Å². The molecule has 0 aromatic heterocycles. The van der Waals surface area contributed by atoms with Crippen LogP contribution in [0.15, 0.2) is 47.4 Å². The van der Waals surface area contributed by atoms with Gasteiger partial charge in [0, 0.05) is 11.6 Å². The number of nitrogens with one attached hydrogen (secondary N) is 2. The molecule has 0 fully saturated rings. The molecule has 0 saturated carbocycles. The first kappa shape index (κ1) is 18.7. The number of sulfonamides is 2. The maximum atomic E-state index is 12.5. The Bertz CT molecular complexity index is 1030. The molecule has 0 aliphatic heterocycles. The zero-order chi connectivity index (χ0) is 18.8. The van der Waals surface area contributed by atoms with Crippen molar-refractivity contribution in [1.82, 2.24) is 0 Å². The minimum atomic E-state index is -4.15. The zero-order valence-electron chi connectivity index (χ0n) is 13.3. The van der Waals surface area contributed by atoms with Crippen molar-refractivity contribution in [3.63, 3.8) is 0 Å². The van der Waals surface area contributed by atoms with Gasteiger partial charge in [0.15, 0.2) is 0 Å². The quantitative estimate of drug-likeness (QED) is 0.577. The molecule has 134 valence electrons. The third kappa shape index (κ3) is 4.67. The molecule has 9 nitrogen and oxygen atoms in total. The monoisotopic (exact) mass is 385 g/mol. The fourth-order valence-electron chi connectivity index (χ4n) is 2.02. The van der Waals surface area contributed by atoms with Gasteiger partial charge in [-0.15, -0.1) is 0 Å². The zero-order valence-corrected chi connectivity index (χ0v) is 14.9. The van der Waals surface area contributed by atoms with E-state index in [0.29, 0.717) is 5.56 Å². The third-order valence-corrected chi connectivity index (χ3v) is 5.11. The van der Waals surface area contributed by atoms with Crippen LogP contribution in [0.2, 0.25) is 0 Å². The Morgan fingerprint density at radius 3 is 2.04 bits per heavy atom. The molecule has 0 spiro atoms. The fraction of sp³-hybridized carbons (Fsp3) is 0.143. The Hall–Kier alpha value is -2.66. The lowest BCUT2D eigenvalue weighted by molar-refractivity contribution is -0.385. The van der Waals surface area contributed by atoms with Gasteiger partial charge < -0.3 is 0 Å². The van der Waals surface area contributed by atoms with E-state index < -0.39 is 25.0 Å². The number of nitro benzene ring substituents is 1. The Labute approximate surface area is 144 Å². The molecule has 0 aliphatic carbocycles. The average Bonchev–Trinajstić information content (AvgIpc) is 2.47. The molecule has 2 N–H and O–H groups in total. The molecule has 0 unspecified atom stereocenters. The van der Waals surface area contributed by atoms with Gasteiger partial charge in [-0.3, -0.25) is 19.6 Å². The molecule has 0 aliphatic rings. The molecule has 2 aromatic rings. The lowest BCUT2D eigenvalue weighted by Gasteiger charge is -2.13. The van der Waals surface area contributed by atoms with E-state index in [1.54, 1.807) is 0 Å². The minimum absolute atomic E-state index is 0.00356. The average molecular weight is 385 g/mol. The van der Waals surface area contributed by atoms with Gasteiger partial charge in [0.25, 0.3) is 15.7 Å². The molecule has 0 amide bonds. The van der Waals surface area contributed by atoms with E-state index in [9.17, 15) is 26.9 Å². The lowest BCUT2D eigenvalue weighted by Crippen LogP contribution is -2.16. The van der Waals surface area contributed by atoms with Crippen molar-refractivity contribution in [1.29, 1.82) is 0 Å². The molecule has 0 heterocycles. The van der Waals surface area contributed by atoms with Crippen molar-refractivity contribution in [2.75, 3.05) is 15.7 Å². The van der Waals surface area contributed by atoms with Crippen molar-refractivity contribution in [3.8, 4) is 0 Å². The number of para-hydroxylation sites is 2. The van der Waals surface area contributed by atoms with E-state index in [2.05, 4.69) is 9.44 Å². The summed E-state index contributed by atoms with van der Waals surface area (Å²) in [6.45, 7) is 1.49. The maximum absolute atomic E-state index is 12.5. The minimum Gasteiger partial charge on any atom is -0.282 e. The van der Waals surface area contributed by atoms with E-state index in [1.807, 2.05) is 0 Å². The summed E-state index contributed by atoms with van der Waals surface area (Å²) in [6.07, 6.45) is 0.932. The summed E-state index contributed by atoms with van der Waals surface area (Å²) in [5.41, 5.74) is 0.0276. The molecule has 11 heteroatoms. The summed E-state index contributed by atoms with van der Waals surface area (Å²) < 4.78 is 52.2. The van der Waals surface area contributed by atoms with Gasteiger partial charge in [-0.2, -0.15) is 0 Å². The van der Waals surface area contributed by atoms with Crippen LogP contribution in [-0.2, 0) is 20.0 Å². The van der Waals surface area contributed by atoms with E-state index in [4.69, 9.17) is 0 Å². The van der Waals surface area contributed by atoms with Gasteiger partial charge >= 0.3 is 0 Å². The molecular weight excluding hydrogens is 370 g/mol. The predicted octanol–water partition coefficient (Wildman–Crippen LogP) is 2.08. The molecule has 0 atom stereocenters. The van der Waals surface area contributed by atoms with E-state index in [0.717, 1.165) is 12.3 Å². The van der Waals surface area contributed by atoms with Crippen LogP contribution in [0.4, 0.5) is 17.1 Å². The molecule has 0 radical (unpaired) electrons. The summed E-state index contributed by atoms with van der Waals surface area (Å²) in [5, 5.41) is 11.0. The summed E-state index contributed by atoms with van der Waals surface area (Å²) in [6, 6.07) is 9.31. The molecular formula is C14H15N3O6S2. The Balaban J connectivity index is 2.44. The molecule has 2 rings (SSSR count). The van der Waals surface area contributed by atoms with Crippen LogP contribution in [0, 0.1) is 17.0 Å². The smallest absolute Gasteiger partial charge is 0.273 e. The van der Waals surface area contributed by atoms with Crippen LogP contribution < -0.4 is 9.44 Å². The third-order valence-electron chi connectivity index (χ3n) is 3.15. The first-order valence-electron chi connectivity index (χ1n) is 6.84. The highest BCUT2D eigenvalue weighted by atomic mass is 32.2. The van der Waals surface area contributed by atoms with Crippen LogP contribution in [-0.4, -0.2) is 28.0 Å². The van der Waals surface area contributed by atoms with Gasteiger partial charge in [0.2, 0.25) is 10.0 Å². The number of hydrogen-bond acceptors (Lipinski definition) is 6. The van der Waals surface area contributed by atoms with Gasteiger partial charge in [0.1, 0.15) is 0 Å². The SMILES string of the molecule is Cc1ccc(S(=O)(=O)Nc2ccccc2NS(C)(=O)=O)cc1[N+](=O)[O-]. The number of nitrogens with zero attached hydrogens (tertiary/aromatic N) is 1. The number of hydrogen-bond donors (Lipinski definition) is 2. The second-order valence-corrected chi connectivity index (χ2v) is 8.66. The highest BCUT2D eigenvalue weighted by molar-refractivity contribution is 7.93. The van der Waals surface area contributed by atoms with Gasteiger partial charge in [0.05, 0.1) is 27.4 Å². The van der Waals surface area contributed by atoms with Crippen LogP contribution in [0.1, 0.15) is 5.56 Å². The number of nitro groups is 1. The van der Waals surface area contributed by atoms with Crippen molar-refractivity contribution < 1.29 is 21.8 Å². The molecule has 25 heavy (non-hydrogen) atoms. The first-order chi connectivity index (χ1) is 11.5. The van der Waals surface area contributed by atoms with Gasteiger partial charge in [-0.05, 0) is 25.1 Å². The van der Waals surface area contributed by atoms with E-state index in [1.165, 1.54) is 43.3 Å². The summed E-state index contributed by atoms with van der Waals surface area (Å²) in [4.78, 5) is 10.0. The maximum Gasteiger partial charge on any atom is 0.273 e. The predicted molar refractivity (Wildman–Crippen MR) is 93.6 cm³/mol. The van der Waals surface area contributed by atoms with Crippen molar-refractivity contribution >= 4 is 37.1 Å². The van der Waals surface area contributed by atoms with E-state index in [-0.39, 0.29) is 22.0 Å². The highest BCUT2D eigenvalue weighted by Crippen LogP contribution is 2.27. The van der Waals surface area contributed by atoms with Gasteiger partial charge in [-0.25, -0.2) is 16.8 Å². The van der Waals surface area contributed by atoms with Crippen LogP contribution in [0.25, 0.3) is 0 Å². The number of rotatable bonds is 6. The van der Waals surface area contributed by atoms with E-state index >= 15 is 0 Å². The molecule has 0 saturated heterocycles. The number of benzene rings is 2. The standard InChI is InChI=1S/C14H15N3O6S2/c1-10-7-8-11(9-14(10)17(18)19)25(22,23)16-13-6-4-3-5-12(13)15-24(2,20)21/h3-9,15-16H,1-2H3. The largest absolute Gasteiger partial charge is 0.282 e. The Morgan fingerprint density at radius 1 is 0.960 bits per heavy atom. The van der Waals surface area contributed by atoms with Crippen molar-refractivity contribution in [2.45, 2.75) is 11.8 Å². The highest BCUT2D eigenvalue weighted by Gasteiger charge is 2.21. The normalized spacial score (nSPS) is 11.8. The summed E-state index contributed by atoms with van der Waals surface area (Å²) in [5.74, 6) is 0. The summed E-state index contributed by atoms with van der Waals surface area (Å²) in [7, 11) is -7.77. The molecule has 0 bridgehead atoms. The number of aryl methyl sites for hydroxylation is 1. The second-order valence-electron chi connectivity index (χ2n) is 5.23. The lowest BCUT2D eigenvalue weighted by atomic mass is 10.2. The van der Waals surface area contributed by atoms with Crippen molar-refractivity contribution in [2.24, 2.45) is 0 Å². The number of anilines is 2. The first-order valence-corrected chi connectivity index (χ1v) is 10.2. The second kappa shape index (κ2) is 6.69. The topological polar surface area (TPSA) is 135 Å². The molecule has 2 aromatic carbocycles. The van der Waals surface area contributed by atoms with Crippen molar-refractivity contribution in [3.05, 3.63) is 58.1 Å². The Kier molecular flexibility index (Phi) is 4.99. The van der Waals surface area contributed by atoms with Crippen LogP contribution >= 0.6 is 0 Å². The summed E-state index contributed by atoms with van der Waals surface area (Å²) >= 11 is 0. The Morgan fingerprint density at radius 2 is 1.52 bits per heavy atom. The van der Waals surface area contributed by atoms with Crippen LogP contribution in [0.3, 0.4) is 0 Å². The fourth-order valence-corrected chi connectivity index (χ4v) is 3.69.